The summed E-state index contributed by atoms with van der Waals surface area (Å²) < 4.78 is 0. The number of benzene rings is 2. The van der Waals surface area contributed by atoms with E-state index < -0.39 is 5.41 Å². The molecule has 0 fully saturated rings. The summed E-state index contributed by atoms with van der Waals surface area (Å²) in [7, 11) is 0. The van der Waals surface area contributed by atoms with Gasteiger partial charge >= 0.3 is 0 Å². The normalized spacial score (nSPS) is 14.0. The van der Waals surface area contributed by atoms with Gasteiger partial charge in [-0.3, -0.25) is 4.79 Å². The Bertz CT molecular complexity index is 766. The van der Waals surface area contributed by atoms with Crippen molar-refractivity contribution in [1.29, 1.82) is 0 Å². The molecule has 0 saturated carbocycles. The molecule has 2 nitrogen and oxygen atoms in total. The molecule has 0 aromatic heterocycles. The molecule has 2 atom stereocenters. The predicted molar refractivity (Wildman–Crippen MR) is 111 cm³/mol. The molecule has 0 heterocycles. The van der Waals surface area contributed by atoms with E-state index in [0.29, 0.717) is 21.5 Å². The summed E-state index contributed by atoms with van der Waals surface area (Å²) in [6.45, 7) is 7.74. The molecule has 2 unspecified atom stereocenters. The molecule has 0 bridgehead atoms. The quantitative estimate of drug-likeness (QED) is 0.594. The van der Waals surface area contributed by atoms with E-state index in [1.165, 1.54) is 0 Å². The third-order valence-corrected chi connectivity index (χ3v) is 5.24. The lowest BCUT2D eigenvalue weighted by Gasteiger charge is -2.29. The van der Waals surface area contributed by atoms with Crippen molar-refractivity contribution in [3.63, 3.8) is 0 Å². The highest BCUT2D eigenvalue weighted by Crippen LogP contribution is 2.30. The van der Waals surface area contributed by atoms with Gasteiger partial charge in [0, 0.05) is 32.4 Å². The standard InChI is InChI=1S/C21H24Cl3NO/c1-13(25-20(26)21(2,3)4)18(14-5-8-16(22)9-6-14)11-15-7-10-17(23)12-19(15)24/h5-10,12-13,18H,11H2,1-4H3,(H,25,26). The molecule has 0 spiro atoms. The molecule has 1 amide bonds. The Morgan fingerprint density at radius 3 is 2.12 bits per heavy atom. The average molecular weight is 413 g/mol. The van der Waals surface area contributed by atoms with Crippen LogP contribution < -0.4 is 5.32 Å². The molecule has 0 saturated heterocycles. The fraction of sp³-hybridized carbons (Fsp3) is 0.381. The Labute approximate surface area is 170 Å². The van der Waals surface area contributed by atoms with Crippen LogP contribution in [0, 0.1) is 5.41 Å². The van der Waals surface area contributed by atoms with Crippen LogP contribution in [0.5, 0.6) is 0 Å². The fourth-order valence-electron chi connectivity index (χ4n) is 2.74. The minimum atomic E-state index is -0.448. The van der Waals surface area contributed by atoms with Crippen molar-refractivity contribution in [3.8, 4) is 0 Å². The minimum absolute atomic E-state index is 0.0196. The first-order valence-electron chi connectivity index (χ1n) is 8.58. The summed E-state index contributed by atoms with van der Waals surface area (Å²) in [5.41, 5.74) is 1.64. The van der Waals surface area contributed by atoms with Crippen molar-refractivity contribution in [1.82, 2.24) is 5.32 Å². The van der Waals surface area contributed by atoms with Crippen LogP contribution in [0.3, 0.4) is 0 Å². The lowest BCUT2D eigenvalue weighted by molar-refractivity contribution is -0.129. The summed E-state index contributed by atoms with van der Waals surface area (Å²) in [5.74, 6) is 0.0726. The lowest BCUT2D eigenvalue weighted by atomic mass is 9.85. The van der Waals surface area contributed by atoms with Gasteiger partial charge in [-0.05, 0) is 48.7 Å². The van der Waals surface area contributed by atoms with E-state index in [4.69, 9.17) is 34.8 Å². The van der Waals surface area contributed by atoms with Gasteiger partial charge in [-0.25, -0.2) is 0 Å². The Morgan fingerprint density at radius 1 is 1.00 bits per heavy atom. The van der Waals surface area contributed by atoms with Crippen molar-refractivity contribution < 1.29 is 4.79 Å². The van der Waals surface area contributed by atoms with Crippen LogP contribution in [0.15, 0.2) is 42.5 Å². The average Bonchev–Trinajstić information content (AvgIpc) is 2.54. The Kier molecular flexibility index (Phi) is 7.01. The van der Waals surface area contributed by atoms with E-state index in [9.17, 15) is 4.79 Å². The zero-order valence-electron chi connectivity index (χ0n) is 15.4. The summed E-state index contributed by atoms with van der Waals surface area (Å²) in [5, 5.41) is 5.06. The first-order chi connectivity index (χ1) is 12.1. The Hall–Kier alpha value is -1.22. The first kappa shape index (κ1) is 21.1. The highest BCUT2D eigenvalue weighted by molar-refractivity contribution is 6.35. The van der Waals surface area contributed by atoms with Gasteiger partial charge in [0.1, 0.15) is 0 Å². The topological polar surface area (TPSA) is 29.1 Å². The highest BCUT2D eigenvalue weighted by atomic mass is 35.5. The summed E-state index contributed by atoms with van der Waals surface area (Å²) in [6.07, 6.45) is 0.684. The van der Waals surface area contributed by atoms with Gasteiger partial charge in [0.25, 0.3) is 0 Å². The minimum Gasteiger partial charge on any atom is -0.353 e. The molecule has 0 radical (unpaired) electrons. The Balaban J connectivity index is 2.32. The second-order valence-corrected chi connectivity index (χ2v) is 8.89. The van der Waals surface area contributed by atoms with Gasteiger partial charge in [0.2, 0.25) is 5.91 Å². The van der Waals surface area contributed by atoms with Crippen molar-refractivity contribution in [2.75, 3.05) is 0 Å². The largest absolute Gasteiger partial charge is 0.353 e. The second-order valence-electron chi connectivity index (χ2n) is 7.61. The van der Waals surface area contributed by atoms with Crippen LogP contribution in [0.1, 0.15) is 44.7 Å². The van der Waals surface area contributed by atoms with Crippen molar-refractivity contribution in [2.24, 2.45) is 5.41 Å². The van der Waals surface area contributed by atoms with Crippen LogP contribution in [-0.2, 0) is 11.2 Å². The van der Waals surface area contributed by atoms with E-state index in [1.54, 1.807) is 6.07 Å². The number of amides is 1. The van der Waals surface area contributed by atoms with E-state index in [2.05, 4.69) is 5.32 Å². The van der Waals surface area contributed by atoms with Gasteiger partial charge in [0.15, 0.2) is 0 Å². The monoisotopic (exact) mass is 411 g/mol. The number of carbonyl (C=O) groups is 1. The second kappa shape index (κ2) is 8.65. The van der Waals surface area contributed by atoms with E-state index in [0.717, 1.165) is 11.1 Å². The molecule has 2 aromatic carbocycles. The maximum absolute atomic E-state index is 12.5. The molecule has 5 heteroatoms. The maximum Gasteiger partial charge on any atom is 0.225 e. The lowest BCUT2D eigenvalue weighted by Crippen LogP contribution is -2.43. The van der Waals surface area contributed by atoms with Crippen LogP contribution >= 0.6 is 34.8 Å². The molecular weight excluding hydrogens is 389 g/mol. The van der Waals surface area contributed by atoms with Gasteiger partial charge in [0.05, 0.1) is 0 Å². The number of hydrogen-bond acceptors (Lipinski definition) is 1. The molecule has 26 heavy (non-hydrogen) atoms. The summed E-state index contributed by atoms with van der Waals surface area (Å²) >= 11 is 18.4. The Morgan fingerprint density at radius 2 is 1.58 bits per heavy atom. The first-order valence-corrected chi connectivity index (χ1v) is 9.71. The molecule has 1 N–H and O–H groups in total. The number of halogens is 3. The van der Waals surface area contributed by atoms with Gasteiger partial charge < -0.3 is 5.32 Å². The smallest absolute Gasteiger partial charge is 0.225 e. The molecule has 0 aliphatic rings. The van der Waals surface area contributed by atoms with Crippen LogP contribution in [0.25, 0.3) is 0 Å². The van der Waals surface area contributed by atoms with E-state index in [-0.39, 0.29) is 17.9 Å². The molecule has 2 rings (SSSR count). The van der Waals surface area contributed by atoms with Crippen molar-refractivity contribution >= 4 is 40.7 Å². The molecule has 0 aliphatic heterocycles. The van der Waals surface area contributed by atoms with E-state index in [1.807, 2.05) is 64.1 Å². The highest BCUT2D eigenvalue weighted by Gasteiger charge is 2.27. The van der Waals surface area contributed by atoms with Crippen LogP contribution in [0.2, 0.25) is 15.1 Å². The predicted octanol–water partition coefficient (Wildman–Crippen LogP) is 6.52. The van der Waals surface area contributed by atoms with Gasteiger partial charge in [-0.1, -0.05) is 73.8 Å². The van der Waals surface area contributed by atoms with Gasteiger partial charge in [-0.2, -0.15) is 0 Å². The summed E-state index contributed by atoms with van der Waals surface area (Å²) in [6, 6.07) is 13.2. The summed E-state index contributed by atoms with van der Waals surface area (Å²) in [4.78, 5) is 12.5. The van der Waals surface area contributed by atoms with Crippen LogP contribution in [-0.4, -0.2) is 11.9 Å². The number of rotatable bonds is 5. The third kappa shape index (κ3) is 5.64. The van der Waals surface area contributed by atoms with E-state index >= 15 is 0 Å². The van der Waals surface area contributed by atoms with Gasteiger partial charge in [-0.15, -0.1) is 0 Å². The molecule has 2 aromatic rings. The number of nitrogens with one attached hydrogen (secondary N) is 1. The van der Waals surface area contributed by atoms with Crippen molar-refractivity contribution in [2.45, 2.75) is 46.1 Å². The number of hydrogen-bond donors (Lipinski definition) is 1. The maximum atomic E-state index is 12.5. The molecule has 140 valence electrons. The zero-order valence-corrected chi connectivity index (χ0v) is 17.7. The molecule has 0 aliphatic carbocycles. The SMILES string of the molecule is CC(NC(=O)C(C)(C)C)C(Cc1ccc(Cl)cc1Cl)c1ccc(Cl)cc1. The zero-order chi connectivity index (χ0) is 19.5. The molecular formula is C21H24Cl3NO. The number of carbonyl (C=O) groups excluding carboxylic acids is 1. The van der Waals surface area contributed by atoms with Crippen LogP contribution in [0.4, 0.5) is 0 Å². The third-order valence-electron chi connectivity index (χ3n) is 4.40. The van der Waals surface area contributed by atoms with Crippen molar-refractivity contribution in [3.05, 3.63) is 68.7 Å². The fourth-order valence-corrected chi connectivity index (χ4v) is 3.35.